The van der Waals surface area contributed by atoms with Crippen molar-refractivity contribution in [3.8, 4) is 11.1 Å². The summed E-state index contributed by atoms with van der Waals surface area (Å²) in [5.41, 5.74) is 3.77. The van der Waals surface area contributed by atoms with Crippen molar-refractivity contribution in [2.45, 2.75) is 23.8 Å². The smallest absolute Gasteiger partial charge is 0.242 e. The molecule has 1 unspecified atom stereocenters. The highest BCUT2D eigenvalue weighted by Gasteiger charge is 2.26. The molecule has 0 aromatic heterocycles. The van der Waals surface area contributed by atoms with E-state index >= 15 is 0 Å². The Bertz CT molecular complexity index is 1420. The van der Waals surface area contributed by atoms with Crippen LogP contribution in [0.3, 0.4) is 0 Å². The van der Waals surface area contributed by atoms with E-state index in [9.17, 15) is 13.2 Å². The number of hydrogen-bond donors (Lipinski definition) is 0. The van der Waals surface area contributed by atoms with Crippen LogP contribution in [0.5, 0.6) is 0 Å². The number of nitrogens with zero attached hydrogens (tertiary/aromatic N) is 4. The Morgan fingerprint density at radius 2 is 1.43 bits per heavy atom. The van der Waals surface area contributed by atoms with Gasteiger partial charge >= 0.3 is 0 Å². The zero-order valence-corrected chi connectivity index (χ0v) is 25.7. The molecule has 7 nitrogen and oxygen atoms in total. The SMILES string of the molecule is CN(CC(=O)N(C)C(CN1CCCC1)c1ccc(-c2ccc(S(=O)(=O)N(C)C)cc2)cc1)c1ccc(Cl)c(Cl)c1. The number of benzene rings is 3. The Morgan fingerprint density at radius 3 is 1.98 bits per heavy atom. The van der Waals surface area contributed by atoms with Crippen molar-refractivity contribution >= 4 is 44.8 Å². The molecule has 0 bridgehead atoms. The summed E-state index contributed by atoms with van der Waals surface area (Å²) in [5.74, 6) is -0.000429. The van der Waals surface area contributed by atoms with E-state index in [0.717, 1.165) is 42.0 Å². The highest BCUT2D eigenvalue weighted by Crippen LogP contribution is 2.29. The number of hydrogen-bond acceptors (Lipinski definition) is 5. The Hall–Kier alpha value is -2.62. The lowest BCUT2D eigenvalue weighted by Gasteiger charge is -2.33. The molecule has 0 radical (unpaired) electrons. The highest BCUT2D eigenvalue weighted by molar-refractivity contribution is 7.89. The summed E-state index contributed by atoms with van der Waals surface area (Å²) in [4.78, 5) is 19.8. The van der Waals surface area contributed by atoms with E-state index in [1.807, 2.05) is 54.2 Å². The van der Waals surface area contributed by atoms with E-state index in [4.69, 9.17) is 23.2 Å². The van der Waals surface area contributed by atoms with Gasteiger partial charge in [-0.3, -0.25) is 4.79 Å². The van der Waals surface area contributed by atoms with Crippen LogP contribution in [0.2, 0.25) is 10.0 Å². The number of halogens is 2. The number of anilines is 1. The Labute approximate surface area is 247 Å². The number of likely N-dealkylation sites (tertiary alicyclic amines) is 1. The van der Waals surface area contributed by atoms with Gasteiger partial charge in [-0.15, -0.1) is 0 Å². The van der Waals surface area contributed by atoms with Crippen LogP contribution in [0.4, 0.5) is 5.69 Å². The van der Waals surface area contributed by atoms with Crippen LogP contribution in [-0.2, 0) is 14.8 Å². The summed E-state index contributed by atoms with van der Waals surface area (Å²) in [6.07, 6.45) is 2.34. The fourth-order valence-corrected chi connectivity index (χ4v) is 6.09. The van der Waals surface area contributed by atoms with Crippen LogP contribution >= 0.6 is 23.2 Å². The molecule has 0 saturated carbocycles. The molecule has 1 heterocycles. The normalized spacial score (nSPS) is 14.9. The third kappa shape index (κ3) is 6.98. The third-order valence-electron chi connectivity index (χ3n) is 7.47. The quantitative estimate of drug-likeness (QED) is 0.300. The van der Waals surface area contributed by atoms with Gasteiger partial charge in [0, 0.05) is 40.4 Å². The molecule has 214 valence electrons. The Morgan fingerprint density at radius 1 is 0.850 bits per heavy atom. The van der Waals surface area contributed by atoms with Crippen molar-refractivity contribution in [2.24, 2.45) is 0 Å². The largest absolute Gasteiger partial charge is 0.365 e. The van der Waals surface area contributed by atoms with Gasteiger partial charge in [0.2, 0.25) is 15.9 Å². The van der Waals surface area contributed by atoms with Crippen molar-refractivity contribution in [3.05, 3.63) is 82.3 Å². The summed E-state index contributed by atoms with van der Waals surface area (Å²) in [6, 6.07) is 20.3. The van der Waals surface area contributed by atoms with Gasteiger partial charge < -0.3 is 14.7 Å². The van der Waals surface area contributed by atoms with Crippen LogP contribution in [0.1, 0.15) is 24.4 Å². The van der Waals surface area contributed by atoms with Gasteiger partial charge in [0.15, 0.2) is 0 Å². The first kappa shape index (κ1) is 30.3. The van der Waals surface area contributed by atoms with E-state index in [0.29, 0.717) is 10.0 Å². The number of carbonyl (C=O) groups excluding carboxylic acids is 1. The molecule has 1 aliphatic heterocycles. The predicted octanol–water partition coefficient (Wildman–Crippen LogP) is 5.64. The van der Waals surface area contributed by atoms with E-state index in [-0.39, 0.29) is 23.4 Å². The lowest BCUT2D eigenvalue weighted by Crippen LogP contribution is -2.42. The predicted molar refractivity (Wildman–Crippen MR) is 164 cm³/mol. The fourth-order valence-electron chi connectivity index (χ4n) is 4.89. The summed E-state index contributed by atoms with van der Waals surface area (Å²) >= 11 is 12.3. The summed E-state index contributed by atoms with van der Waals surface area (Å²) in [7, 11) is 3.29. The average molecular weight is 604 g/mol. The highest BCUT2D eigenvalue weighted by atomic mass is 35.5. The van der Waals surface area contributed by atoms with Crippen molar-refractivity contribution in [3.63, 3.8) is 0 Å². The lowest BCUT2D eigenvalue weighted by atomic mass is 9.99. The molecule has 1 amide bonds. The van der Waals surface area contributed by atoms with E-state index in [1.165, 1.54) is 31.2 Å². The van der Waals surface area contributed by atoms with Crippen molar-refractivity contribution in [1.82, 2.24) is 14.1 Å². The molecule has 1 atom stereocenters. The molecule has 40 heavy (non-hydrogen) atoms. The molecule has 1 fully saturated rings. The topological polar surface area (TPSA) is 64.2 Å². The number of amides is 1. The molecule has 3 aromatic carbocycles. The van der Waals surface area contributed by atoms with Crippen LogP contribution in [0, 0.1) is 0 Å². The minimum atomic E-state index is -3.48. The van der Waals surface area contributed by atoms with E-state index in [1.54, 1.807) is 24.3 Å². The summed E-state index contributed by atoms with van der Waals surface area (Å²) in [6.45, 7) is 3.02. The second-order valence-corrected chi connectivity index (χ2v) is 13.4. The van der Waals surface area contributed by atoms with Crippen molar-refractivity contribution in [1.29, 1.82) is 0 Å². The second kappa shape index (κ2) is 12.9. The molecule has 0 N–H and O–H groups in total. The van der Waals surface area contributed by atoms with Gasteiger partial charge in [-0.25, -0.2) is 12.7 Å². The van der Waals surface area contributed by atoms with Gasteiger partial charge in [0.1, 0.15) is 0 Å². The van der Waals surface area contributed by atoms with Crippen molar-refractivity contribution < 1.29 is 13.2 Å². The molecule has 1 aliphatic rings. The lowest BCUT2D eigenvalue weighted by molar-refractivity contribution is -0.131. The molecule has 1 saturated heterocycles. The standard InChI is InChI=1S/C30H36Cl2N4O3S/c1-33(2)40(38,39)26-14-11-23(12-15-26)22-7-9-24(10-8-22)29(20-36-17-5-6-18-36)35(4)30(37)21-34(3)25-13-16-27(31)28(32)19-25/h7-16,19,29H,5-6,17-18,20-21H2,1-4H3. The van der Waals surface area contributed by atoms with Gasteiger partial charge in [-0.05, 0) is 73.0 Å². The number of likely N-dealkylation sites (N-methyl/N-ethyl adjacent to an activating group) is 2. The fraction of sp³-hybridized carbons (Fsp3) is 0.367. The summed E-state index contributed by atoms with van der Waals surface area (Å²) < 4.78 is 26.0. The van der Waals surface area contributed by atoms with E-state index < -0.39 is 10.0 Å². The maximum atomic E-state index is 13.5. The maximum Gasteiger partial charge on any atom is 0.242 e. The zero-order valence-electron chi connectivity index (χ0n) is 23.3. The van der Waals surface area contributed by atoms with Gasteiger partial charge in [-0.2, -0.15) is 0 Å². The number of carbonyl (C=O) groups is 1. The Kier molecular flexibility index (Phi) is 9.80. The van der Waals surface area contributed by atoms with Gasteiger partial charge in [0.05, 0.1) is 27.5 Å². The third-order valence-corrected chi connectivity index (χ3v) is 10.0. The minimum Gasteiger partial charge on any atom is -0.365 e. The van der Waals surface area contributed by atoms with E-state index in [2.05, 4.69) is 17.0 Å². The first-order valence-corrected chi connectivity index (χ1v) is 15.4. The zero-order chi connectivity index (χ0) is 29.0. The first-order valence-electron chi connectivity index (χ1n) is 13.2. The molecule has 0 spiro atoms. The average Bonchev–Trinajstić information content (AvgIpc) is 3.46. The van der Waals surface area contributed by atoms with Gasteiger partial charge in [-0.1, -0.05) is 59.6 Å². The minimum absolute atomic E-state index is 0.000429. The van der Waals surface area contributed by atoms with Crippen LogP contribution in [0.25, 0.3) is 11.1 Å². The number of sulfonamides is 1. The van der Waals surface area contributed by atoms with Gasteiger partial charge in [0.25, 0.3) is 0 Å². The molecular weight excluding hydrogens is 567 g/mol. The van der Waals surface area contributed by atoms with Crippen LogP contribution < -0.4 is 4.90 Å². The van der Waals surface area contributed by atoms with Crippen LogP contribution in [-0.4, -0.2) is 82.8 Å². The Balaban J connectivity index is 1.53. The molecule has 3 aromatic rings. The molecular formula is C30H36Cl2N4O3S. The summed E-state index contributed by atoms with van der Waals surface area (Å²) in [5, 5.41) is 0.929. The molecule has 0 aliphatic carbocycles. The number of rotatable bonds is 10. The molecule has 4 rings (SSSR count). The van der Waals surface area contributed by atoms with Crippen molar-refractivity contribution in [2.75, 3.05) is 59.3 Å². The maximum absolute atomic E-state index is 13.5. The second-order valence-electron chi connectivity index (χ2n) is 10.4. The van der Waals surface area contributed by atoms with Crippen LogP contribution in [0.15, 0.2) is 71.6 Å². The first-order chi connectivity index (χ1) is 19.0. The monoisotopic (exact) mass is 602 g/mol. The molecule has 10 heteroatoms.